The summed E-state index contributed by atoms with van der Waals surface area (Å²) in [5.74, 6) is 0.786. The van der Waals surface area contributed by atoms with Crippen LogP contribution < -0.4 is 5.32 Å². The fraction of sp³-hybridized carbons (Fsp3) is 1.00. The zero-order chi connectivity index (χ0) is 10.6. The molecule has 1 aliphatic rings. The van der Waals surface area contributed by atoms with Gasteiger partial charge in [0, 0.05) is 25.2 Å². The molecule has 0 aromatic heterocycles. The van der Waals surface area contributed by atoms with Gasteiger partial charge in [0.1, 0.15) is 0 Å². The van der Waals surface area contributed by atoms with Gasteiger partial charge in [0.15, 0.2) is 0 Å². The van der Waals surface area contributed by atoms with E-state index < -0.39 is 0 Å². The van der Waals surface area contributed by atoms with Crippen LogP contribution in [0.3, 0.4) is 0 Å². The molecule has 0 aromatic rings. The third kappa shape index (κ3) is 3.25. The van der Waals surface area contributed by atoms with Crippen molar-refractivity contribution in [1.82, 2.24) is 10.2 Å². The van der Waals surface area contributed by atoms with Crippen molar-refractivity contribution < 1.29 is 0 Å². The molecule has 1 aliphatic heterocycles. The first-order valence-corrected chi connectivity index (χ1v) is 6.12. The molecule has 84 valence electrons. The van der Waals surface area contributed by atoms with E-state index in [0.717, 1.165) is 18.5 Å². The molecule has 0 amide bonds. The first kappa shape index (κ1) is 12.0. The first-order valence-electron chi connectivity index (χ1n) is 6.12. The third-order valence-electron chi connectivity index (χ3n) is 3.40. The van der Waals surface area contributed by atoms with Crippen molar-refractivity contribution >= 4 is 0 Å². The maximum Gasteiger partial charge on any atom is 0.0116 e. The SMILES string of the molecule is CCC(C(C)C)N1CCNC(C)CC1. The minimum Gasteiger partial charge on any atom is -0.313 e. The van der Waals surface area contributed by atoms with Gasteiger partial charge in [-0.25, -0.2) is 0 Å². The molecule has 2 unspecified atom stereocenters. The monoisotopic (exact) mass is 198 g/mol. The Hall–Kier alpha value is -0.0800. The van der Waals surface area contributed by atoms with E-state index in [1.54, 1.807) is 0 Å². The topological polar surface area (TPSA) is 15.3 Å². The standard InChI is InChI=1S/C12H26N2/c1-5-12(10(2)3)14-8-6-11(4)13-7-9-14/h10-13H,5-9H2,1-4H3. The van der Waals surface area contributed by atoms with Crippen molar-refractivity contribution in [3.63, 3.8) is 0 Å². The van der Waals surface area contributed by atoms with Crippen molar-refractivity contribution in [2.75, 3.05) is 19.6 Å². The van der Waals surface area contributed by atoms with E-state index >= 15 is 0 Å². The van der Waals surface area contributed by atoms with Crippen LogP contribution in [0.5, 0.6) is 0 Å². The number of rotatable bonds is 3. The summed E-state index contributed by atoms with van der Waals surface area (Å²) in [6.45, 7) is 12.9. The van der Waals surface area contributed by atoms with Crippen molar-refractivity contribution in [3.8, 4) is 0 Å². The van der Waals surface area contributed by atoms with Gasteiger partial charge in [-0.2, -0.15) is 0 Å². The van der Waals surface area contributed by atoms with E-state index in [1.165, 1.54) is 25.9 Å². The highest BCUT2D eigenvalue weighted by atomic mass is 15.2. The Kier molecular flexibility index (Phi) is 4.90. The summed E-state index contributed by atoms with van der Waals surface area (Å²) < 4.78 is 0. The highest BCUT2D eigenvalue weighted by Gasteiger charge is 2.22. The maximum absolute atomic E-state index is 3.55. The molecule has 2 atom stereocenters. The van der Waals surface area contributed by atoms with Crippen molar-refractivity contribution in [3.05, 3.63) is 0 Å². The molecule has 1 heterocycles. The fourth-order valence-corrected chi connectivity index (χ4v) is 2.51. The lowest BCUT2D eigenvalue weighted by molar-refractivity contribution is 0.159. The Balaban J connectivity index is 2.48. The van der Waals surface area contributed by atoms with Crippen LogP contribution in [0.2, 0.25) is 0 Å². The van der Waals surface area contributed by atoms with E-state index in [0.29, 0.717) is 6.04 Å². The quantitative estimate of drug-likeness (QED) is 0.747. The molecule has 0 bridgehead atoms. The van der Waals surface area contributed by atoms with Crippen LogP contribution >= 0.6 is 0 Å². The van der Waals surface area contributed by atoms with E-state index in [9.17, 15) is 0 Å². The van der Waals surface area contributed by atoms with Crippen molar-refractivity contribution in [1.29, 1.82) is 0 Å². The van der Waals surface area contributed by atoms with Crippen LogP contribution in [0.4, 0.5) is 0 Å². The van der Waals surface area contributed by atoms with Crippen LogP contribution in [0, 0.1) is 5.92 Å². The average molecular weight is 198 g/mol. The minimum atomic E-state index is 0.699. The molecule has 1 fully saturated rings. The number of nitrogens with one attached hydrogen (secondary N) is 1. The second kappa shape index (κ2) is 5.72. The number of hydrogen-bond acceptors (Lipinski definition) is 2. The molecular formula is C12H26N2. The molecule has 1 saturated heterocycles. The van der Waals surface area contributed by atoms with Gasteiger partial charge in [0.05, 0.1) is 0 Å². The van der Waals surface area contributed by atoms with Crippen LogP contribution in [-0.2, 0) is 0 Å². The number of nitrogens with zero attached hydrogens (tertiary/aromatic N) is 1. The third-order valence-corrected chi connectivity index (χ3v) is 3.40. The summed E-state index contributed by atoms with van der Waals surface area (Å²) in [4.78, 5) is 2.67. The lowest BCUT2D eigenvalue weighted by Gasteiger charge is -2.32. The van der Waals surface area contributed by atoms with Gasteiger partial charge in [-0.05, 0) is 32.2 Å². The smallest absolute Gasteiger partial charge is 0.0116 e. The summed E-state index contributed by atoms with van der Waals surface area (Å²) in [6.07, 6.45) is 2.58. The maximum atomic E-state index is 3.55. The van der Waals surface area contributed by atoms with E-state index in [1.807, 2.05) is 0 Å². The molecule has 14 heavy (non-hydrogen) atoms. The normalized spacial score (nSPS) is 27.6. The van der Waals surface area contributed by atoms with Gasteiger partial charge < -0.3 is 5.32 Å². The van der Waals surface area contributed by atoms with Gasteiger partial charge in [-0.3, -0.25) is 4.90 Å². The predicted octanol–water partition coefficient (Wildman–Crippen LogP) is 2.10. The molecule has 2 heteroatoms. The van der Waals surface area contributed by atoms with Crippen LogP contribution in [0.15, 0.2) is 0 Å². The molecule has 0 saturated carbocycles. The van der Waals surface area contributed by atoms with Gasteiger partial charge in [-0.15, -0.1) is 0 Å². The largest absolute Gasteiger partial charge is 0.313 e. The zero-order valence-electron chi connectivity index (χ0n) is 10.2. The summed E-state index contributed by atoms with van der Waals surface area (Å²) in [7, 11) is 0. The Morgan fingerprint density at radius 1 is 1.36 bits per heavy atom. The zero-order valence-corrected chi connectivity index (χ0v) is 10.2. The van der Waals surface area contributed by atoms with E-state index in [4.69, 9.17) is 0 Å². The lowest BCUT2D eigenvalue weighted by Crippen LogP contribution is -2.40. The molecule has 0 radical (unpaired) electrons. The Morgan fingerprint density at radius 2 is 2.07 bits per heavy atom. The highest BCUT2D eigenvalue weighted by molar-refractivity contribution is 4.79. The predicted molar refractivity (Wildman–Crippen MR) is 62.6 cm³/mol. The number of hydrogen-bond donors (Lipinski definition) is 1. The average Bonchev–Trinajstić information content (AvgIpc) is 2.32. The lowest BCUT2D eigenvalue weighted by atomic mass is 9.99. The first-order chi connectivity index (χ1) is 6.65. The molecular weight excluding hydrogens is 172 g/mol. The van der Waals surface area contributed by atoms with E-state index in [-0.39, 0.29) is 0 Å². The van der Waals surface area contributed by atoms with Crippen molar-refractivity contribution in [2.24, 2.45) is 5.92 Å². The Labute approximate surface area is 89.1 Å². The summed E-state index contributed by atoms with van der Waals surface area (Å²) in [6, 6.07) is 1.48. The summed E-state index contributed by atoms with van der Waals surface area (Å²) in [5.41, 5.74) is 0. The van der Waals surface area contributed by atoms with Gasteiger partial charge in [-0.1, -0.05) is 20.8 Å². The van der Waals surface area contributed by atoms with Crippen LogP contribution in [-0.4, -0.2) is 36.6 Å². The molecule has 1 N–H and O–H groups in total. The summed E-state index contributed by atoms with van der Waals surface area (Å²) >= 11 is 0. The molecule has 0 spiro atoms. The molecule has 2 nitrogen and oxygen atoms in total. The molecule has 1 rings (SSSR count). The van der Waals surface area contributed by atoms with Crippen LogP contribution in [0.25, 0.3) is 0 Å². The second-order valence-electron chi connectivity index (χ2n) is 4.90. The molecule has 0 aromatic carbocycles. The second-order valence-corrected chi connectivity index (χ2v) is 4.90. The Morgan fingerprint density at radius 3 is 2.64 bits per heavy atom. The van der Waals surface area contributed by atoms with Gasteiger partial charge in [0.25, 0.3) is 0 Å². The molecule has 0 aliphatic carbocycles. The van der Waals surface area contributed by atoms with Crippen molar-refractivity contribution in [2.45, 2.75) is 52.6 Å². The fourth-order valence-electron chi connectivity index (χ4n) is 2.51. The van der Waals surface area contributed by atoms with Gasteiger partial charge in [0.2, 0.25) is 0 Å². The minimum absolute atomic E-state index is 0.699. The highest BCUT2D eigenvalue weighted by Crippen LogP contribution is 2.16. The van der Waals surface area contributed by atoms with E-state index in [2.05, 4.69) is 37.9 Å². The van der Waals surface area contributed by atoms with Gasteiger partial charge >= 0.3 is 0 Å². The Bertz CT molecular complexity index is 156. The summed E-state index contributed by atoms with van der Waals surface area (Å²) in [5, 5.41) is 3.55. The van der Waals surface area contributed by atoms with Crippen LogP contribution in [0.1, 0.15) is 40.5 Å².